The highest BCUT2D eigenvalue weighted by molar-refractivity contribution is 7.21. The Balaban J connectivity index is 1.76. The van der Waals surface area contributed by atoms with Gasteiger partial charge in [-0.3, -0.25) is 14.9 Å². The van der Waals surface area contributed by atoms with E-state index in [-0.39, 0.29) is 5.76 Å². The summed E-state index contributed by atoms with van der Waals surface area (Å²) in [6, 6.07) is 7.87. The molecule has 0 aliphatic carbocycles. The summed E-state index contributed by atoms with van der Waals surface area (Å²) in [6.07, 6.45) is 1.16. The number of hydrogen-bond donors (Lipinski definition) is 1. The first-order valence-electron chi connectivity index (χ1n) is 6.83. The minimum absolute atomic E-state index is 0.138. The molecule has 10 heteroatoms. The molecule has 0 bridgehead atoms. The second-order valence-corrected chi connectivity index (χ2v) is 6.17. The standard InChI is InChI=1S/C15H10ClN3O5S/c1-23-8-2-4-10-11(6-8)25-14(13(10)16)15(20)18-17-7-9-3-5-12(24-9)19(21)22/h2-7H,1H3,(H,18,20)/b17-7-. The van der Waals surface area contributed by atoms with Gasteiger partial charge >= 0.3 is 5.88 Å². The van der Waals surface area contributed by atoms with Crippen LogP contribution < -0.4 is 10.2 Å². The molecule has 0 aliphatic rings. The van der Waals surface area contributed by atoms with Crippen LogP contribution in [0, 0.1) is 10.1 Å². The third-order valence-electron chi connectivity index (χ3n) is 3.19. The third kappa shape index (κ3) is 3.47. The van der Waals surface area contributed by atoms with E-state index in [1.54, 1.807) is 25.3 Å². The Morgan fingerprint density at radius 2 is 2.24 bits per heavy atom. The lowest BCUT2D eigenvalue weighted by Gasteiger charge is -1.98. The lowest BCUT2D eigenvalue weighted by atomic mass is 10.2. The molecule has 0 spiro atoms. The molecule has 0 saturated heterocycles. The number of nitrogens with one attached hydrogen (secondary N) is 1. The zero-order valence-electron chi connectivity index (χ0n) is 12.7. The summed E-state index contributed by atoms with van der Waals surface area (Å²) in [4.78, 5) is 22.4. The van der Waals surface area contributed by atoms with Gasteiger partial charge in [-0.15, -0.1) is 11.3 Å². The molecule has 0 radical (unpaired) electrons. The average molecular weight is 380 g/mol. The van der Waals surface area contributed by atoms with Crippen molar-refractivity contribution in [3.8, 4) is 5.75 Å². The lowest BCUT2D eigenvalue weighted by Crippen LogP contribution is -2.16. The van der Waals surface area contributed by atoms with E-state index >= 15 is 0 Å². The van der Waals surface area contributed by atoms with Crippen LogP contribution in [0.4, 0.5) is 5.88 Å². The summed E-state index contributed by atoms with van der Waals surface area (Å²) >= 11 is 7.45. The van der Waals surface area contributed by atoms with Gasteiger partial charge in [-0.05, 0) is 24.3 Å². The fourth-order valence-corrected chi connectivity index (χ4v) is 3.47. The van der Waals surface area contributed by atoms with E-state index in [1.807, 2.05) is 0 Å². The quantitative estimate of drug-likeness (QED) is 0.412. The highest BCUT2D eigenvalue weighted by atomic mass is 35.5. The summed E-state index contributed by atoms with van der Waals surface area (Å²) in [5.74, 6) is -0.106. The predicted octanol–water partition coefficient (Wildman–Crippen LogP) is 3.83. The van der Waals surface area contributed by atoms with Crippen LogP contribution in [0.15, 0.2) is 39.9 Å². The third-order valence-corrected chi connectivity index (χ3v) is 4.85. The van der Waals surface area contributed by atoms with Gasteiger partial charge in [0.1, 0.15) is 15.5 Å². The first-order valence-corrected chi connectivity index (χ1v) is 8.02. The largest absolute Gasteiger partial charge is 0.497 e. The maximum atomic E-state index is 12.2. The molecule has 8 nitrogen and oxygen atoms in total. The molecular weight excluding hydrogens is 370 g/mol. The van der Waals surface area contributed by atoms with Gasteiger partial charge in [0.05, 0.1) is 24.4 Å². The van der Waals surface area contributed by atoms with Crippen molar-refractivity contribution in [1.29, 1.82) is 0 Å². The van der Waals surface area contributed by atoms with E-state index in [9.17, 15) is 14.9 Å². The fraction of sp³-hybridized carbons (Fsp3) is 0.0667. The smallest absolute Gasteiger partial charge is 0.433 e. The predicted molar refractivity (Wildman–Crippen MR) is 93.8 cm³/mol. The SMILES string of the molecule is COc1ccc2c(Cl)c(C(=O)N/N=C\c3ccc([N+](=O)[O-])o3)sc2c1. The molecule has 0 saturated carbocycles. The van der Waals surface area contributed by atoms with Gasteiger partial charge in [-0.2, -0.15) is 5.10 Å². The minimum atomic E-state index is -0.666. The van der Waals surface area contributed by atoms with Crippen LogP contribution in [-0.4, -0.2) is 24.2 Å². The fourth-order valence-electron chi connectivity index (χ4n) is 2.03. The van der Waals surface area contributed by atoms with Crippen molar-refractivity contribution in [3.63, 3.8) is 0 Å². The number of hydrogen-bond acceptors (Lipinski definition) is 7. The molecule has 0 atom stereocenters. The monoisotopic (exact) mass is 379 g/mol. The number of thiophene rings is 1. The number of rotatable bonds is 5. The molecule has 0 fully saturated rings. The van der Waals surface area contributed by atoms with Gasteiger partial charge in [0, 0.05) is 10.1 Å². The Labute approximate surface area is 149 Å². The number of amides is 1. The first-order chi connectivity index (χ1) is 12.0. The average Bonchev–Trinajstić information content (AvgIpc) is 3.19. The number of carbonyl (C=O) groups is 1. The molecule has 2 aromatic heterocycles. The van der Waals surface area contributed by atoms with Crippen molar-refractivity contribution < 1.29 is 18.9 Å². The number of methoxy groups -OCH3 is 1. The lowest BCUT2D eigenvalue weighted by molar-refractivity contribution is -0.402. The van der Waals surface area contributed by atoms with Crippen LogP contribution in [0.2, 0.25) is 5.02 Å². The molecule has 128 valence electrons. The van der Waals surface area contributed by atoms with Gasteiger partial charge in [0.25, 0.3) is 5.91 Å². The van der Waals surface area contributed by atoms with Crippen LogP contribution >= 0.6 is 22.9 Å². The zero-order chi connectivity index (χ0) is 18.0. The van der Waals surface area contributed by atoms with E-state index in [2.05, 4.69) is 10.5 Å². The Hall–Kier alpha value is -2.91. The summed E-state index contributed by atoms with van der Waals surface area (Å²) in [5, 5.41) is 15.3. The number of hydrazone groups is 1. The molecular formula is C15H10ClN3O5S. The Morgan fingerprint density at radius 3 is 2.92 bits per heavy atom. The Bertz CT molecular complexity index is 994. The van der Waals surface area contributed by atoms with Crippen LogP contribution in [0.5, 0.6) is 5.75 Å². The van der Waals surface area contributed by atoms with Crippen molar-refractivity contribution in [2.45, 2.75) is 0 Å². The Morgan fingerprint density at radius 1 is 1.44 bits per heavy atom. The number of nitro groups is 1. The topological polar surface area (TPSA) is 107 Å². The minimum Gasteiger partial charge on any atom is -0.497 e. The van der Waals surface area contributed by atoms with Gasteiger partial charge in [0.15, 0.2) is 5.76 Å². The van der Waals surface area contributed by atoms with E-state index in [0.29, 0.717) is 15.6 Å². The number of carbonyl (C=O) groups excluding carboxylic acids is 1. The first kappa shape index (κ1) is 16.9. The van der Waals surface area contributed by atoms with E-state index < -0.39 is 16.7 Å². The van der Waals surface area contributed by atoms with Crippen LogP contribution in [0.3, 0.4) is 0 Å². The molecule has 2 heterocycles. The number of furan rings is 1. The van der Waals surface area contributed by atoms with Crippen LogP contribution in [-0.2, 0) is 0 Å². The molecule has 0 aliphatic heterocycles. The number of halogens is 1. The van der Waals surface area contributed by atoms with Crippen LogP contribution in [0.25, 0.3) is 10.1 Å². The normalized spacial score (nSPS) is 11.1. The maximum Gasteiger partial charge on any atom is 0.433 e. The Kier molecular flexibility index (Phi) is 4.68. The molecule has 25 heavy (non-hydrogen) atoms. The number of nitrogens with zero attached hydrogens (tertiary/aromatic N) is 2. The zero-order valence-corrected chi connectivity index (χ0v) is 14.3. The molecule has 3 rings (SSSR count). The van der Waals surface area contributed by atoms with Crippen molar-refractivity contribution in [2.75, 3.05) is 7.11 Å². The summed E-state index contributed by atoms with van der Waals surface area (Å²) < 4.78 is 10.8. The molecule has 3 aromatic rings. The number of fused-ring (bicyclic) bond motifs is 1. The van der Waals surface area contributed by atoms with Gasteiger partial charge < -0.3 is 9.15 Å². The maximum absolute atomic E-state index is 12.2. The summed E-state index contributed by atoms with van der Waals surface area (Å²) in [5.41, 5.74) is 2.31. The van der Waals surface area contributed by atoms with Crippen molar-refractivity contribution >= 4 is 51.0 Å². The second-order valence-electron chi connectivity index (χ2n) is 4.74. The highest BCUT2D eigenvalue weighted by Gasteiger charge is 2.17. The van der Waals surface area contributed by atoms with Gasteiger partial charge in [-0.25, -0.2) is 5.43 Å². The molecule has 0 unspecified atom stereocenters. The molecule has 1 N–H and O–H groups in total. The molecule has 1 amide bonds. The van der Waals surface area contributed by atoms with E-state index in [4.69, 9.17) is 20.8 Å². The molecule has 1 aromatic carbocycles. The van der Waals surface area contributed by atoms with E-state index in [1.165, 1.54) is 23.5 Å². The second kappa shape index (κ2) is 6.91. The summed E-state index contributed by atoms with van der Waals surface area (Å²) in [7, 11) is 1.55. The highest BCUT2D eigenvalue weighted by Crippen LogP contribution is 2.37. The number of ether oxygens (including phenoxy) is 1. The van der Waals surface area contributed by atoms with Crippen molar-refractivity contribution in [2.24, 2.45) is 5.10 Å². The van der Waals surface area contributed by atoms with E-state index in [0.717, 1.165) is 16.3 Å². The van der Waals surface area contributed by atoms with Crippen molar-refractivity contribution in [3.05, 3.63) is 56.1 Å². The summed E-state index contributed by atoms with van der Waals surface area (Å²) in [6.45, 7) is 0. The van der Waals surface area contributed by atoms with Gasteiger partial charge in [0.2, 0.25) is 0 Å². The van der Waals surface area contributed by atoms with Gasteiger partial charge in [-0.1, -0.05) is 11.6 Å². The van der Waals surface area contributed by atoms with Crippen LogP contribution in [0.1, 0.15) is 15.4 Å². The van der Waals surface area contributed by atoms with Crippen molar-refractivity contribution in [1.82, 2.24) is 5.43 Å². The number of benzene rings is 1.